The number of hydrogen-bond donors (Lipinski definition) is 1. The second kappa shape index (κ2) is 9.42. The lowest BCUT2D eigenvalue weighted by molar-refractivity contribution is 0.310. The van der Waals surface area contributed by atoms with Gasteiger partial charge in [-0.15, -0.1) is 0 Å². The maximum absolute atomic E-state index is 13.1. The zero-order chi connectivity index (χ0) is 22.8. The van der Waals surface area contributed by atoms with Crippen LogP contribution in [0.5, 0.6) is 0 Å². The quantitative estimate of drug-likeness (QED) is 0.673. The topological polar surface area (TPSA) is 113 Å². The molecule has 11 heteroatoms. The molecule has 1 saturated heterocycles. The van der Waals surface area contributed by atoms with Gasteiger partial charge in [0.15, 0.2) is 0 Å². The Hall–Kier alpha value is -2.08. The summed E-state index contributed by atoms with van der Waals surface area (Å²) in [6.45, 7) is 3.65. The Bertz CT molecular complexity index is 1120. The molecule has 2 heterocycles. The van der Waals surface area contributed by atoms with Crippen molar-refractivity contribution in [3.05, 3.63) is 42.7 Å². The SMILES string of the molecule is CC1CCCCC1NS(=O)(=O)c1ccc(S(=O)(=O)N2CCN(c3ncccn3)CC2)cc1. The number of nitrogens with zero attached hydrogens (tertiary/aromatic N) is 4. The van der Waals surface area contributed by atoms with E-state index in [1.54, 1.807) is 18.5 Å². The molecule has 0 bridgehead atoms. The summed E-state index contributed by atoms with van der Waals surface area (Å²) in [6, 6.07) is 7.15. The van der Waals surface area contributed by atoms with Gasteiger partial charge in [0.1, 0.15) is 0 Å². The molecular weight excluding hydrogens is 450 g/mol. The number of nitrogens with one attached hydrogen (secondary N) is 1. The van der Waals surface area contributed by atoms with Crippen molar-refractivity contribution in [2.24, 2.45) is 5.92 Å². The number of aromatic nitrogens is 2. The molecule has 2 aliphatic rings. The number of benzene rings is 1. The van der Waals surface area contributed by atoms with E-state index in [-0.39, 0.29) is 21.8 Å². The molecule has 1 aliphatic heterocycles. The molecule has 0 amide bonds. The summed E-state index contributed by atoms with van der Waals surface area (Å²) in [4.78, 5) is 10.5. The maximum Gasteiger partial charge on any atom is 0.243 e. The van der Waals surface area contributed by atoms with Crippen molar-refractivity contribution >= 4 is 26.0 Å². The van der Waals surface area contributed by atoms with Gasteiger partial charge in [-0.25, -0.2) is 31.5 Å². The minimum atomic E-state index is -3.72. The van der Waals surface area contributed by atoms with E-state index in [9.17, 15) is 16.8 Å². The molecule has 2 unspecified atom stereocenters. The largest absolute Gasteiger partial charge is 0.338 e. The summed E-state index contributed by atoms with van der Waals surface area (Å²) in [6.07, 6.45) is 7.29. The zero-order valence-electron chi connectivity index (χ0n) is 18.1. The molecule has 0 spiro atoms. The molecule has 1 aromatic heterocycles. The van der Waals surface area contributed by atoms with Crippen LogP contribution in [-0.4, -0.2) is 63.3 Å². The molecule has 4 rings (SSSR count). The number of anilines is 1. The summed E-state index contributed by atoms with van der Waals surface area (Å²) in [5.74, 6) is 0.872. The van der Waals surface area contributed by atoms with Gasteiger partial charge in [-0.3, -0.25) is 0 Å². The van der Waals surface area contributed by atoms with E-state index in [0.29, 0.717) is 32.1 Å². The summed E-state index contributed by atoms with van der Waals surface area (Å²) in [5, 5.41) is 0. The minimum Gasteiger partial charge on any atom is -0.338 e. The van der Waals surface area contributed by atoms with Crippen LogP contribution in [0.1, 0.15) is 32.6 Å². The maximum atomic E-state index is 13.1. The van der Waals surface area contributed by atoms with Gasteiger partial charge in [-0.1, -0.05) is 19.8 Å². The molecule has 9 nitrogen and oxygen atoms in total. The van der Waals surface area contributed by atoms with E-state index < -0.39 is 20.0 Å². The number of rotatable bonds is 6. The zero-order valence-corrected chi connectivity index (χ0v) is 19.7. The van der Waals surface area contributed by atoms with Gasteiger partial charge in [0.05, 0.1) is 9.79 Å². The van der Waals surface area contributed by atoms with E-state index in [2.05, 4.69) is 21.6 Å². The number of sulfonamides is 2. The van der Waals surface area contributed by atoms with Crippen molar-refractivity contribution in [3.63, 3.8) is 0 Å². The predicted octanol–water partition coefficient (Wildman–Crippen LogP) is 1.84. The average molecular weight is 480 g/mol. The van der Waals surface area contributed by atoms with Crippen molar-refractivity contribution in [1.82, 2.24) is 19.0 Å². The van der Waals surface area contributed by atoms with Crippen LogP contribution < -0.4 is 9.62 Å². The van der Waals surface area contributed by atoms with E-state index in [0.717, 1.165) is 25.7 Å². The molecule has 0 radical (unpaired) electrons. The molecule has 1 saturated carbocycles. The van der Waals surface area contributed by atoms with Crippen molar-refractivity contribution in [2.45, 2.75) is 48.4 Å². The van der Waals surface area contributed by atoms with Gasteiger partial charge in [0.2, 0.25) is 26.0 Å². The molecule has 2 atom stereocenters. The summed E-state index contributed by atoms with van der Waals surface area (Å²) in [7, 11) is -7.41. The van der Waals surface area contributed by atoms with E-state index in [4.69, 9.17) is 0 Å². The smallest absolute Gasteiger partial charge is 0.243 e. The molecular formula is C21H29N5O4S2. The minimum absolute atomic E-state index is 0.0814. The van der Waals surface area contributed by atoms with Gasteiger partial charge in [-0.05, 0) is 49.1 Å². The monoisotopic (exact) mass is 479 g/mol. The summed E-state index contributed by atoms with van der Waals surface area (Å²) < 4.78 is 55.9. The van der Waals surface area contributed by atoms with Crippen LogP contribution in [0.15, 0.2) is 52.5 Å². The third-order valence-electron chi connectivity index (χ3n) is 6.26. The summed E-state index contributed by atoms with van der Waals surface area (Å²) in [5.41, 5.74) is 0. The molecule has 174 valence electrons. The van der Waals surface area contributed by atoms with E-state index in [1.807, 2.05) is 4.90 Å². The highest BCUT2D eigenvalue weighted by Crippen LogP contribution is 2.26. The number of hydrogen-bond acceptors (Lipinski definition) is 7. The van der Waals surface area contributed by atoms with Gasteiger partial charge in [-0.2, -0.15) is 4.31 Å². The highest BCUT2D eigenvalue weighted by atomic mass is 32.2. The molecule has 1 aliphatic carbocycles. The fraction of sp³-hybridized carbons (Fsp3) is 0.524. The van der Waals surface area contributed by atoms with Crippen molar-refractivity contribution in [3.8, 4) is 0 Å². The van der Waals surface area contributed by atoms with Crippen LogP contribution in [0, 0.1) is 5.92 Å². The lowest BCUT2D eigenvalue weighted by Crippen LogP contribution is -2.49. The van der Waals surface area contributed by atoms with Gasteiger partial charge in [0.25, 0.3) is 0 Å². The first-order valence-corrected chi connectivity index (χ1v) is 13.8. The Morgan fingerprint density at radius 3 is 2.09 bits per heavy atom. The van der Waals surface area contributed by atoms with Crippen LogP contribution in [-0.2, 0) is 20.0 Å². The van der Waals surface area contributed by atoms with Gasteiger partial charge < -0.3 is 4.90 Å². The van der Waals surface area contributed by atoms with E-state index in [1.165, 1.54) is 28.6 Å². The second-order valence-electron chi connectivity index (χ2n) is 8.40. The Labute approximate surface area is 190 Å². The fourth-order valence-electron chi connectivity index (χ4n) is 4.28. The van der Waals surface area contributed by atoms with Crippen molar-refractivity contribution < 1.29 is 16.8 Å². The Kier molecular flexibility index (Phi) is 6.80. The molecule has 1 aromatic carbocycles. The van der Waals surface area contributed by atoms with Gasteiger partial charge >= 0.3 is 0 Å². The molecule has 32 heavy (non-hydrogen) atoms. The first kappa shape index (κ1) is 23.1. The van der Waals surface area contributed by atoms with Crippen LogP contribution in [0.2, 0.25) is 0 Å². The molecule has 2 fully saturated rings. The Morgan fingerprint density at radius 1 is 0.875 bits per heavy atom. The normalized spacial score (nSPS) is 23.2. The molecule has 2 aromatic rings. The van der Waals surface area contributed by atoms with Crippen molar-refractivity contribution in [2.75, 3.05) is 31.1 Å². The van der Waals surface area contributed by atoms with Crippen LogP contribution in [0.4, 0.5) is 5.95 Å². The highest BCUT2D eigenvalue weighted by Gasteiger charge is 2.30. The fourth-order valence-corrected chi connectivity index (χ4v) is 7.08. The highest BCUT2D eigenvalue weighted by molar-refractivity contribution is 7.89. The van der Waals surface area contributed by atoms with Gasteiger partial charge in [0, 0.05) is 44.6 Å². The molecule has 1 N–H and O–H groups in total. The average Bonchev–Trinajstić information content (AvgIpc) is 2.81. The Balaban J connectivity index is 1.43. The van der Waals surface area contributed by atoms with E-state index >= 15 is 0 Å². The summed E-state index contributed by atoms with van der Waals surface area (Å²) >= 11 is 0. The predicted molar refractivity (Wildman–Crippen MR) is 121 cm³/mol. The second-order valence-corrected chi connectivity index (χ2v) is 12.1. The van der Waals surface area contributed by atoms with Crippen molar-refractivity contribution in [1.29, 1.82) is 0 Å². The van der Waals surface area contributed by atoms with Crippen LogP contribution >= 0.6 is 0 Å². The van der Waals surface area contributed by atoms with Crippen LogP contribution in [0.25, 0.3) is 0 Å². The lowest BCUT2D eigenvalue weighted by atomic mass is 9.87. The van der Waals surface area contributed by atoms with Crippen LogP contribution in [0.3, 0.4) is 0 Å². The first-order chi connectivity index (χ1) is 15.3. The standard InChI is InChI=1S/C21H29N5O4S2/c1-17-5-2-3-6-20(17)24-31(27,28)18-7-9-19(10-8-18)32(29,30)26-15-13-25(14-16-26)21-22-11-4-12-23-21/h4,7-12,17,20,24H,2-3,5-6,13-16H2,1H3. The third kappa shape index (κ3) is 4.95. The number of piperazine rings is 1. The first-order valence-electron chi connectivity index (χ1n) is 10.9. The Morgan fingerprint density at radius 2 is 1.47 bits per heavy atom. The lowest BCUT2D eigenvalue weighted by Gasteiger charge is -2.33. The third-order valence-corrected chi connectivity index (χ3v) is 9.68.